The average molecular weight is 283 g/mol. The summed E-state index contributed by atoms with van der Waals surface area (Å²) in [6, 6.07) is 5.08. The van der Waals surface area contributed by atoms with Crippen LogP contribution in [0.1, 0.15) is 29.6 Å². The lowest BCUT2D eigenvalue weighted by atomic mass is 10.1. The number of hydrogen-bond acceptors (Lipinski definition) is 2. The number of nitrogens with zero attached hydrogens (tertiary/aromatic N) is 1. The predicted molar refractivity (Wildman–Crippen MR) is 71.9 cm³/mol. The van der Waals surface area contributed by atoms with E-state index < -0.39 is 5.82 Å². The summed E-state index contributed by atoms with van der Waals surface area (Å²) in [6.45, 7) is 1.35. The van der Waals surface area contributed by atoms with Gasteiger partial charge in [0, 0.05) is 30.2 Å². The Morgan fingerprint density at radius 1 is 1.32 bits per heavy atom. The zero-order valence-electron chi connectivity index (χ0n) is 10.5. The number of benzene rings is 1. The first-order valence-electron chi connectivity index (χ1n) is 6.64. The molecule has 2 bridgehead atoms. The number of nitrogens with one attached hydrogen (secondary N) is 1. The summed E-state index contributed by atoms with van der Waals surface area (Å²) < 4.78 is 13.8. The highest BCUT2D eigenvalue weighted by Gasteiger charge is 2.32. The van der Waals surface area contributed by atoms with Crippen LogP contribution in [0.3, 0.4) is 0 Å². The minimum absolute atomic E-state index is 0.113. The van der Waals surface area contributed by atoms with Crippen LogP contribution in [0.15, 0.2) is 18.2 Å². The van der Waals surface area contributed by atoms with Gasteiger partial charge >= 0.3 is 0 Å². The predicted octanol–water partition coefficient (Wildman–Crippen LogP) is 2.45. The van der Waals surface area contributed by atoms with Crippen LogP contribution in [0, 0.1) is 5.82 Å². The maximum atomic E-state index is 13.8. The van der Waals surface area contributed by atoms with Crippen molar-refractivity contribution in [2.24, 2.45) is 0 Å². The first-order chi connectivity index (χ1) is 9.13. The maximum absolute atomic E-state index is 13.8. The molecule has 102 valence electrons. The Hall–Kier alpha value is -1.13. The summed E-state index contributed by atoms with van der Waals surface area (Å²) in [6.07, 6.45) is 3.22. The summed E-state index contributed by atoms with van der Waals surface area (Å²) in [5, 5.41) is 3.81. The molecule has 1 aromatic carbocycles. The van der Waals surface area contributed by atoms with Gasteiger partial charge in [0.1, 0.15) is 5.82 Å². The van der Waals surface area contributed by atoms with E-state index in [0.717, 1.165) is 12.8 Å². The Morgan fingerprint density at radius 3 is 2.89 bits per heavy atom. The molecule has 2 saturated heterocycles. The Bertz CT molecular complexity index is 508. The van der Waals surface area contributed by atoms with Crippen LogP contribution >= 0.6 is 11.6 Å². The molecule has 3 nitrogen and oxygen atoms in total. The van der Waals surface area contributed by atoms with Crippen LogP contribution in [0.4, 0.5) is 4.39 Å². The lowest BCUT2D eigenvalue weighted by Gasteiger charge is -2.24. The van der Waals surface area contributed by atoms with E-state index in [1.165, 1.54) is 18.6 Å². The first-order valence-corrected chi connectivity index (χ1v) is 7.01. The fourth-order valence-corrected chi connectivity index (χ4v) is 3.12. The molecule has 19 heavy (non-hydrogen) atoms. The van der Waals surface area contributed by atoms with Gasteiger partial charge < -0.3 is 10.2 Å². The minimum Gasteiger partial charge on any atom is -0.337 e. The SMILES string of the molecule is O=C(c1ccc(Cl)cc1F)N1CCC2CCC(C1)N2. The van der Waals surface area contributed by atoms with E-state index >= 15 is 0 Å². The Kier molecular flexibility index (Phi) is 3.46. The molecule has 0 spiro atoms. The van der Waals surface area contributed by atoms with Crippen LogP contribution in [0.5, 0.6) is 0 Å². The molecular weight excluding hydrogens is 267 g/mol. The van der Waals surface area contributed by atoms with Crippen molar-refractivity contribution >= 4 is 17.5 Å². The Balaban J connectivity index is 1.79. The molecule has 2 fully saturated rings. The number of rotatable bonds is 1. The smallest absolute Gasteiger partial charge is 0.256 e. The molecule has 2 atom stereocenters. The van der Waals surface area contributed by atoms with Crippen LogP contribution in [-0.2, 0) is 0 Å². The number of amides is 1. The van der Waals surface area contributed by atoms with Gasteiger partial charge in [0.05, 0.1) is 5.56 Å². The standard InChI is InChI=1S/C14H16ClFN2O/c15-9-1-4-12(13(16)7-9)14(19)18-6-5-10-2-3-11(8-18)17-10/h1,4,7,10-11,17H,2-3,5-6,8H2. The van der Waals surface area contributed by atoms with E-state index in [2.05, 4.69) is 5.32 Å². The normalized spacial score (nSPS) is 26.3. The van der Waals surface area contributed by atoms with Gasteiger partial charge in [-0.2, -0.15) is 0 Å². The van der Waals surface area contributed by atoms with Crippen molar-refractivity contribution in [3.05, 3.63) is 34.6 Å². The molecule has 2 aliphatic rings. The molecule has 2 heterocycles. The molecule has 3 rings (SSSR count). The summed E-state index contributed by atoms with van der Waals surface area (Å²) in [5.74, 6) is -0.775. The number of carbonyl (C=O) groups excluding carboxylic acids is 1. The Morgan fingerprint density at radius 2 is 2.11 bits per heavy atom. The van der Waals surface area contributed by atoms with Crippen molar-refractivity contribution < 1.29 is 9.18 Å². The van der Waals surface area contributed by atoms with Crippen LogP contribution in [0.25, 0.3) is 0 Å². The second kappa shape index (κ2) is 5.10. The van der Waals surface area contributed by atoms with Crippen molar-refractivity contribution in [2.45, 2.75) is 31.3 Å². The molecule has 1 N–H and O–H groups in total. The fourth-order valence-electron chi connectivity index (χ4n) is 2.96. The van der Waals surface area contributed by atoms with E-state index in [1.54, 1.807) is 11.0 Å². The third-order valence-electron chi connectivity index (χ3n) is 3.97. The molecule has 1 amide bonds. The summed E-state index contributed by atoms with van der Waals surface area (Å²) in [4.78, 5) is 14.1. The lowest BCUT2D eigenvalue weighted by molar-refractivity contribution is 0.0743. The van der Waals surface area contributed by atoms with E-state index in [1.807, 2.05) is 0 Å². The molecule has 0 saturated carbocycles. The molecule has 2 aliphatic heterocycles. The zero-order valence-corrected chi connectivity index (χ0v) is 11.3. The topological polar surface area (TPSA) is 32.3 Å². The maximum Gasteiger partial charge on any atom is 0.256 e. The third-order valence-corrected chi connectivity index (χ3v) is 4.21. The average Bonchev–Trinajstić information content (AvgIpc) is 2.68. The van der Waals surface area contributed by atoms with Crippen molar-refractivity contribution in [3.63, 3.8) is 0 Å². The number of halogens is 2. The second-order valence-corrected chi connectivity index (χ2v) is 5.74. The van der Waals surface area contributed by atoms with Crippen molar-refractivity contribution in [3.8, 4) is 0 Å². The van der Waals surface area contributed by atoms with Gasteiger partial charge in [-0.05, 0) is 37.5 Å². The molecule has 5 heteroatoms. The van der Waals surface area contributed by atoms with Gasteiger partial charge in [-0.1, -0.05) is 11.6 Å². The highest BCUT2D eigenvalue weighted by atomic mass is 35.5. The number of fused-ring (bicyclic) bond motifs is 2. The van der Waals surface area contributed by atoms with Gasteiger partial charge in [-0.15, -0.1) is 0 Å². The number of likely N-dealkylation sites (tertiary alicyclic amines) is 1. The van der Waals surface area contributed by atoms with Crippen LogP contribution in [0.2, 0.25) is 5.02 Å². The number of carbonyl (C=O) groups is 1. The molecular formula is C14H16ClFN2O. The second-order valence-electron chi connectivity index (χ2n) is 5.30. The summed E-state index contributed by atoms with van der Waals surface area (Å²) in [7, 11) is 0. The molecule has 1 aromatic rings. The molecule has 0 radical (unpaired) electrons. The summed E-state index contributed by atoms with van der Waals surface area (Å²) >= 11 is 5.71. The minimum atomic E-state index is -0.542. The van der Waals surface area contributed by atoms with Crippen molar-refractivity contribution in [2.75, 3.05) is 13.1 Å². The lowest BCUT2D eigenvalue weighted by Crippen LogP contribution is -2.39. The largest absolute Gasteiger partial charge is 0.337 e. The molecule has 0 aromatic heterocycles. The molecule has 2 unspecified atom stereocenters. The van der Waals surface area contributed by atoms with Crippen molar-refractivity contribution in [1.29, 1.82) is 0 Å². The van der Waals surface area contributed by atoms with E-state index in [0.29, 0.717) is 30.2 Å². The third kappa shape index (κ3) is 2.60. The van der Waals surface area contributed by atoms with E-state index in [9.17, 15) is 9.18 Å². The van der Waals surface area contributed by atoms with Crippen LogP contribution in [-0.4, -0.2) is 36.0 Å². The van der Waals surface area contributed by atoms with Gasteiger partial charge in [0.15, 0.2) is 0 Å². The Labute approximate surface area is 116 Å². The highest BCUT2D eigenvalue weighted by molar-refractivity contribution is 6.30. The first kappa shape index (κ1) is 12.9. The van der Waals surface area contributed by atoms with Gasteiger partial charge in [-0.3, -0.25) is 4.79 Å². The van der Waals surface area contributed by atoms with Gasteiger partial charge in [0.2, 0.25) is 0 Å². The quantitative estimate of drug-likeness (QED) is 0.858. The molecule has 0 aliphatic carbocycles. The fraction of sp³-hybridized carbons (Fsp3) is 0.500. The van der Waals surface area contributed by atoms with E-state index in [4.69, 9.17) is 11.6 Å². The number of hydrogen-bond donors (Lipinski definition) is 1. The van der Waals surface area contributed by atoms with Crippen LogP contribution < -0.4 is 5.32 Å². The highest BCUT2D eigenvalue weighted by Crippen LogP contribution is 2.23. The van der Waals surface area contributed by atoms with Crippen molar-refractivity contribution in [1.82, 2.24) is 10.2 Å². The monoisotopic (exact) mass is 282 g/mol. The zero-order chi connectivity index (χ0) is 13.4. The van der Waals surface area contributed by atoms with E-state index in [-0.39, 0.29) is 11.5 Å². The summed E-state index contributed by atoms with van der Waals surface area (Å²) in [5.41, 5.74) is 0.113. The van der Waals surface area contributed by atoms with Gasteiger partial charge in [-0.25, -0.2) is 4.39 Å². The van der Waals surface area contributed by atoms with Gasteiger partial charge in [0.25, 0.3) is 5.91 Å².